The standard InChI is InChI=1S/C17H37NO2.C10H23NO/c1-15(2)7-11-19-13-9-18(17(5)6)10-14-20-12-8-16(3)4;1-9(2)5-7-12-8-6-11-10(3)4/h15-17H,7-14H2,1-6H3;9-11H,5-8H2,1-4H3. The van der Waals surface area contributed by atoms with Crippen LogP contribution >= 0.6 is 0 Å². The minimum atomic E-state index is 0.553. The van der Waals surface area contributed by atoms with Crippen LogP contribution in [0.4, 0.5) is 0 Å². The van der Waals surface area contributed by atoms with Crippen LogP contribution in [0.3, 0.4) is 0 Å². The molecule has 0 heterocycles. The van der Waals surface area contributed by atoms with Gasteiger partial charge in [0.25, 0.3) is 0 Å². The van der Waals surface area contributed by atoms with Crippen molar-refractivity contribution in [2.24, 2.45) is 17.8 Å². The third-order valence-corrected chi connectivity index (χ3v) is 5.09. The quantitative estimate of drug-likeness (QED) is 0.230. The van der Waals surface area contributed by atoms with E-state index in [1.54, 1.807) is 0 Å². The molecule has 0 spiro atoms. The van der Waals surface area contributed by atoms with Crippen LogP contribution in [0.25, 0.3) is 0 Å². The fourth-order valence-electron chi connectivity index (χ4n) is 2.67. The highest BCUT2D eigenvalue weighted by Crippen LogP contribution is 2.02. The van der Waals surface area contributed by atoms with Crippen molar-refractivity contribution >= 4 is 0 Å². The number of nitrogens with zero attached hydrogens (tertiary/aromatic N) is 1. The molecule has 0 aliphatic carbocycles. The van der Waals surface area contributed by atoms with E-state index < -0.39 is 0 Å². The van der Waals surface area contributed by atoms with E-state index in [1.807, 2.05) is 0 Å². The van der Waals surface area contributed by atoms with Gasteiger partial charge >= 0.3 is 0 Å². The molecule has 0 saturated carbocycles. The zero-order valence-corrected chi connectivity index (χ0v) is 23.5. The van der Waals surface area contributed by atoms with E-state index in [1.165, 1.54) is 6.42 Å². The van der Waals surface area contributed by atoms with E-state index in [9.17, 15) is 0 Å². The number of rotatable bonds is 20. The Hall–Kier alpha value is -0.200. The maximum absolute atomic E-state index is 5.70. The molecule has 0 saturated heterocycles. The first-order chi connectivity index (χ1) is 15.1. The van der Waals surface area contributed by atoms with Gasteiger partial charge in [0.15, 0.2) is 0 Å². The molecule has 196 valence electrons. The van der Waals surface area contributed by atoms with Crippen molar-refractivity contribution in [3.63, 3.8) is 0 Å². The molecule has 0 atom stereocenters. The highest BCUT2D eigenvalue weighted by atomic mass is 16.5. The highest BCUT2D eigenvalue weighted by molar-refractivity contribution is 4.62. The summed E-state index contributed by atoms with van der Waals surface area (Å²) in [6.07, 6.45) is 3.47. The topological polar surface area (TPSA) is 43.0 Å². The van der Waals surface area contributed by atoms with Gasteiger partial charge in [-0.3, -0.25) is 4.90 Å². The SMILES string of the molecule is CC(C)CCOCCN(CCOCCC(C)C)C(C)C.CC(C)CCOCCNC(C)C. The first-order valence-corrected chi connectivity index (χ1v) is 13.3. The summed E-state index contributed by atoms with van der Waals surface area (Å²) in [5.41, 5.74) is 0. The molecule has 5 heteroatoms. The average Bonchev–Trinajstić information content (AvgIpc) is 2.68. The Morgan fingerprint density at radius 1 is 0.531 bits per heavy atom. The Bertz CT molecular complexity index is 331. The summed E-state index contributed by atoms with van der Waals surface area (Å²) in [6.45, 7) is 30.3. The highest BCUT2D eigenvalue weighted by Gasteiger charge is 2.09. The van der Waals surface area contributed by atoms with E-state index in [0.29, 0.717) is 12.1 Å². The van der Waals surface area contributed by atoms with Gasteiger partial charge in [0, 0.05) is 51.5 Å². The molecular weight excluding hydrogens is 400 g/mol. The third-order valence-electron chi connectivity index (χ3n) is 5.09. The van der Waals surface area contributed by atoms with E-state index in [2.05, 4.69) is 79.5 Å². The molecule has 0 radical (unpaired) electrons. The number of hydrogen-bond donors (Lipinski definition) is 1. The van der Waals surface area contributed by atoms with Crippen LogP contribution in [0.2, 0.25) is 0 Å². The van der Waals surface area contributed by atoms with Crippen molar-refractivity contribution in [1.82, 2.24) is 10.2 Å². The van der Waals surface area contributed by atoms with Gasteiger partial charge in [0.1, 0.15) is 0 Å². The summed E-state index contributed by atoms with van der Waals surface area (Å²) in [5.74, 6) is 2.21. The van der Waals surface area contributed by atoms with Crippen LogP contribution in [0.15, 0.2) is 0 Å². The largest absolute Gasteiger partial charge is 0.380 e. The monoisotopic (exact) mass is 460 g/mol. The zero-order chi connectivity index (χ0) is 24.8. The van der Waals surface area contributed by atoms with E-state index in [4.69, 9.17) is 14.2 Å². The first kappa shape index (κ1) is 34.0. The van der Waals surface area contributed by atoms with E-state index in [0.717, 1.165) is 89.9 Å². The molecule has 32 heavy (non-hydrogen) atoms. The number of hydrogen-bond acceptors (Lipinski definition) is 5. The molecule has 0 rings (SSSR count). The zero-order valence-electron chi connectivity index (χ0n) is 23.5. The summed E-state index contributed by atoms with van der Waals surface area (Å²) in [4.78, 5) is 2.44. The fourth-order valence-corrected chi connectivity index (χ4v) is 2.67. The molecule has 0 unspecified atom stereocenters. The van der Waals surface area contributed by atoms with Crippen molar-refractivity contribution in [3.8, 4) is 0 Å². The Morgan fingerprint density at radius 2 is 0.906 bits per heavy atom. The van der Waals surface area contributed by atoms with Gasteiger partial charge in [0.05, 0.1) is 19.8 Å². The lowest BCUT2D eigenvalue weighted by molar-refractivity contribution is 0.0572. The van der Waals surface area contributed by atoms with Gasteiger partial charge in [-0.05, 0) is 50.9 Å². The van der Waals surface area contributed by atoms with Crippen molar-refractivity contribution in [3.05, 3.63) is 0 Å². The van der Waals surface area contributed by atoms with Crippen molar-refractivity contribution in [2.45, 2.75) is 101 Å². The molecule has 0 aliphatic heterocycles. The summed E-state index contributed by atoms with van der Waals surface area (Å²) in [5, 5.41) is 3.31. The van der Waals surface area contributed by atoms with Gasteiger partial charge in [-0.2, -0.15) is 0 Å². The van der Waals surface area contributed by atoms with E-state index >= 15 is 0 Å². The molecule has 0 aromatic heterocycles. The Labute approximate surface area is 202 Å². The second-order valence-electron chi connectivity index (χ2n) is 10.6. The van der Waals surface area contributed by atoms with Crippen molar-refractivity contribution in [2.75, 3.05) is 59.3 Å². The predicted molar refractivity (Wildman–Crippen MR) is 141 cm³/mol. The second kappa shape index (κ2) is 23.9. The molecule has 0 fully saturated rings. The Morgan fingerprint density at radius 3 is 1.22 bits per heavy atom. The molecule has 0 aromatic rings. The number of nitrogens with one attached hydrogen (secondary N) is 1. The minimum Gasteiger partial charge on any atom is -0.380 e. The maximum atomic E-state index is 5.70. The predicted octanol–water partition coefficient (Wildman–Crippen LogP) is 5.87. The molecule has 0 bridgehead atoms. The molecular formula is C27H60N2O3. The van der Waals surface area contributed by atoms with Gasteiger partial charge in [-0.15, -0.1) is 0 Å². The normalized spacial score (nSPS) is 12.0. The fraction of sp³-hybridized carbons (Fsp3) is 1.00. The third kappa shape index (κ3) is 29.8. The summed E-state index contributed by atoms with van der Waals surface area (Å²) < 4.78 is 16.8. The summed E-state index contributed by atoms with van der Waals surface area (Å²) in [7, 11) is 0. The molecule has 1 N–H and O–H groups in total. The van der Waals surface area contributed by atoms with Gasteiger partial charge < -0.3 is 19.5 Å². The first-order valence-electron chi connectivity index (χ1n) is 13.3. The summed E-state index contributed by atoms with van der Waals surface area (Å²) >= 11 is 0. The van der Waals surface area contributed by atoms with Crippen LogP contribution in [0.1, 0.15) is 88.5 Å². The Kier molecular flexibility index (Phi) is 25.4. The lowest BCUT2D eigenvalue weighted by Crippen LogP contribution is -2.36. The van der Waals surface area contributed by atoms with Crippen LogP contribution in [0, 0.1) is 17.8 Å². The minimum absolute atomic E-state index is 0.553. The lowest BCUT2D eigenvalue weighted by atomic mass is 10.1. The van der Waals surface area contributed by atoms with Gasteiger partial charge in [0.2, 0.25) is 0 Å². The van der Waals surface area contributed by atoms with Gasteiger partial charge in [-0.25, -0.2) is 0 Å². The average molecular weight is 461 g/mol. The molecule has 0 aliphatic rings. The van der Waals surface area contributed by atoms with Crippen LogP contribution in [-0.4, -0.2) is 76.3 Å². The molecule has 5 nitrogen and oxygen atoms in total. The van der Waals surface area contributed by atoms with Crippen molar-refractivity contribution in [1.29, 1.82) is 0 Å². The number of ether oxygens (including phenoxy) is 3. The van der Waals surface area contributed by atoms with Crippen LogP contribution in [-0.2, 0) is 14.2 Å². The summed E-state index contributed by atoms with van der Waals surface area (Å²) in [6, 6.07) is 1.12. The second-order valence-corrected chi connectivity index (χ2v) is 10.6. The smallest absolute Gasteiger partial charge is 0.0593 e. The van der Waals surface area contributed by atoms with Crippen molar-refractivity contribution < 1.29 is 14.2 Å². The van der Waals surface area contributed by atoms with Crippen LogP contribution < -0.4 is 5.32 Å². The van der Waals surface area contributed by atoms with Gasteiger partial charge in [-0.1, -0.05) is 55.4 Å². The van der Waals surface area contributed by atoms with E-state index in [-0.39, 0.29) is 0 Å². The molecule has 0 amide bonds. The molecule has 0 aromatic carbocycles. The maximum Gasteiger partial charge on any atom is 0.0593 e. The van der Waals surface area contributed by atoms with Crippen LogP contribution in [0.5, 0.6) is 0 Å². The Balaban J connectivity index is 0. The lowest BCUT2D eigenvalue weighted by Gasteiger charge is -2.26.